The van der Waals surface area contributed by atoms with Crippen LogP contribution in [0, 0.1) is 6.92 Å². The fourth-order valence-corrected chi connectivity index (χ4v) is 2.73. The van der Waals surface area contributed by atoms with Gasteiger partial charge in [-0.3, -0.25) is 9.32 Å². The van der Waals surface area contributed by atoms with Crippen molar-refractivity contribution in [2.45, 2.75) is 18.4 Å². The maximum absolute atomic E-state index is 11.9. The van der Waals surface area contributed by atoms with Crippen LogP contribution in [0.25, 0.3) is 0 Å². The quantitative estimate of drug-likeness (QED) is 0.649. The first-order valence-electron chi connectivity index (χ1n) is 6.24. The molecule has 6 nitrogen and oxygen atoms in total. The van der Waals surface area contributed by atoms with Gasteiger partial charge >= 0.3 is 10.7 Å². The van der Waals surface area contributed by atoms with Crippen molar-refractivity contribution >= 4 is 35.0 Å². The number of anilines is 1. The molecule has 1 aromatic carbocycles. The largest absolute Gasteiger partial charge is 0.441 e. The molecule has 1 heterocycles. The van der Waals surface area contributed by atoms with Crippen LogP contribution in [0.4, 0.5) is 5.69 Å². The van der Waals surface area contributed by atoms with Gasteiger partial charge in [0.25, 0.3) is 0 Å². The predicted octanol–water partition coefficient (Wildman–Crippen LogP) is 1.88. The first kappa shape index (κ1) is 15.7. The number of rotatable bonds is 5. The van der Waals surface area contributed by atoms with Gasteiger partial charge in [-0.2, -0.15) is 0 Å². The molecule has 112 valence electrons. The number of aryl methyl sites for hydroxylation is 1. The van der Waals surface area contributed by atoms with Crippen molar-refractivity contribution in [3.63, 3.8) is 0 Å². The minimum Gasteiger partial charge on any atom is -0.326 e. The van der Waals surface area contributed by atoms with Crippen molar-refractivity contribution in [3.8, 4) is 0 Å². The summed E-state index contributed by atoms with van der Waals surface area (Å²) in [4.78, 5) is 23.2. The van der Waals surface area contributed by atoms with Gasteiger partial charge in [-0.05, 0) is 41.7 Å². The highest BCUT2D eigenvalue weighted by Gasteiger charge is 2.18. The van der Waals surface area contributed by atoms with Crippen molar-refractivity contribution in [1.82, 2.24) is 5.27 Å². The number of hydrogen-bond acceptors (Lipinski definition) is 4. The molecule has 2 aromatic rings. The second kappa shape index (κ2) is 6.82. The maximum atomic E-state index is 11.9. The fourth-order valence-electron chi connectivity index (χ4n) is 1.68. The monoisotopic (exact) mass is 328 g/mol. The molecule has 0 aliphatic rings. The first-order chi connectivity index (χ1) is 9.99. The van der Waals surface area contributed by atoms with Crippen molar-refractivity contribution in [2.24, 2.45) is 7.05 Å². The minimum absolute atomic E-state index is 0.129. The molecule has 2 rings (SSSR count). The number of thioether (sulfide) groups is 1. The van der Waals surface area contributed by atoms with E-state index in [9.17, 15) is 9.59 Å². The molecule has 0 saturated heterocycles. The van der Waals surface area contributed by atoms with Crippen LogP contribution in [0.2, 0.25) is 5.02 Å². The number of aromatic amines is 1. The summed E-state index contributed by atoms with van der Waals surface area (Å²) in [5.41, 5.74) is 1.09. The molecule has 0 aliphatic carbocycles. The number of hydrogen-bond donors (Lipinski definition) is 2. The number of carbonyl (C=O) groups is 1. The molecule has 0 fully saturated rings. The molecule has 0 spiro atoms. The van der Waals surface area contributed by atoms with E-state index in [2.05, 4.69) is 15.1 Å². The van der Waals surface area contributed by atoms with Crippen LogP contribution in [0.5, 0.6) is 0 Å². The fraction of sp³-hybridized carbons (Fsp3) is 0.308. The molecule has 0 saturated carbocycles. The standard InChI is InChI=1S/C13H14ClN3O3S/c1-8-9(14)4-3-5-10(8)15-11(18)6-7-21-12-13(19)20-16-17(12)2/h3-5H,6-7H2,1-2H3,(H-,15,16,18,19)/p+1. The molecule has 1 amide bonds. The van der Waals surface area contributed by atoms with E-state index in [0.717, 1.165) is 5.56 Å². The van der Waals surface area contributed by atoms with Crippen molar-refractivity contribution < 1.29 is 14.0 Å². The lowest BCUT2D eigenvalue weighted by Crippen LogP contribution is -2.33. The van der Waals surface area contributed by atoms with Gasteiger partial charge in [0, 0.05) is 22.9 Å². The number of benzene rings is 1. The lowest BCUT2D eigenvalue weighted by Gasteiger charge is -2.08. The van der Waals surface area contributed by atoms with Gasteiger partial charge in [0.2, 0.25) is 5.91 Å². The van der Waals surface area contributed by atoms with Crippen molar-refractivity contribution in [3.05, 3.63) is 39.2 Å². The van der Waals surface area contributed by atoms with Gasteiger partial charge in [0.05, 0.1) is 0 Å². The number of H-pyrrole nitrogens is 1. The Morgan fingerprint density at radius 1 is 1.52 bits per heavy atom. The molecule has 1 aromatic heterocycles. The molecule has 0 aliphatic heterocycles. The van der Waals surface area contributed by atoms with Gasteiger partial charge < -0.3 is 5.32 Å². The van der Waals surface area contributed by atoms with E-state index in [1.807, 2.05) is 6.92 Å². The Hall–Kier alpha value is -1.73. The number of aromatic nitrogens is 2. The number of amides is 1. The molecule has 0 atom stereocenters. The number of nitrogens with zero attached hydrogens (tertiary/aromatic N) is 1. The van der Waals surface area contributed by atoms with E-state index >= 15 is 0 Å². The second-order valence-corrected chi connectivity index (χ2v) is 5.89. The Bertz CT molecular complexity index is 711. The summed E-state index contributed by atoms with van der Waals surface area (Å²) in [6.07, 6.45) is 0.279. The summed E-state index contributed by atoms with van der Waals surface area (Å²) in [6.45, 7) is 1.84. The maximum Gasteiger partial charge on any atom is 0.441 e. The average molecular weight is 329 g/mol. The highest BCUT2D eigenvalue weighted by Crippen LogP contribution is 2.23. The highest BCUT2D eigenvalue weighted by molar-refractivity contribution is 7.99. The van der Waals surface area contributed by atoms with Crippen LogP contribution >= 0.6 is 23.4 Å². The molecule has 2 N–H and O–H groups in total. The van der Waals surface area contributed by atoms with E-state index in [0.29, 0.717) is 21.5 Å². The summed E-state index contributed by atoms with van der Waals surface area (Å²) in [7, 11) is 1.67. The smallest absolute Gasteiger partial charge is 0.326 e. The van der Waals surface area contributed by atoms with Crippen LogP contribution in [-0.4, -0.2) is 16.9 Å². The topological polar surface area (TPSA) is 79.0 Å². The Morgan fingerprint density at radius 2 is 2.29 bits per heavy atom. The number of carbonyl (C=O) groups excluding carboxylic acids is 1. The van der Waals surface area contributed by atoms with E-state index < -0.39 is 5.63 Å². The lowest BCUT2D eigenvalue weighted by molar-refractivity contribution is -0.772. The number of nitrogens with one attached hydrogen (secondary N) is 2. The molecular weight excluding hydrogens is 314 g/mol. The van der Waals surface area contributed by atoms with E-state index in [1.54, 1.807) is 25.2 Å². The first-order valence-corrected chi connectivity index (χ1v) is 7.60. The van der Waals surface area contributed by atoms with Crippen LogP contribution in [0.1, 0.15) is 12.0 Å². The zero-order valence-electron chi connectivity index (χ0n) is 11.6. The summed E-state index contributed by atoms with van der Waals surface area (Å²) in [5, 5.41) is 6.27. The van der Waals surface area contributed by atoms with Gasteiger partial charge in [0.15, 0.2) is 7.05 Å². The minimum atomic E-state index is -0.436. The summed E-state index contributed by atoms with van der Waals surface area (Å²) in [6, 6.07) is 5.35. The zero-order chi connectivity index (χ0) is 15.4. The van der Waals surface area contributed by atoms with Crippen molar-refractivity contribution in [1.29, 1.82) is 0 Å². The van der Waals surface area contributed by atoms with Crippen molar-refractivity contribution in [2.75, 3.05) is 11.1 Å². The third-order valence-corrected chi connectivity index (χ3v) is 4.40. The summed E-state index contributed by atoms with van der Waals surface area (Å²) < 4.78 is 6.10. The molecule has 21 heavy (non-hydrogen) atoms. The predicted molar refractivity (Wildman–Crippen MR) is 80.7 cm³/mol. The normalized spacial score (nSPS) is 10.6. The van der Waals surface area contributed by atoms with Crippen LogP contribution < -0.4 is 15.6 Å². The Labute approximate surface area is 130 Å². The van der Waals surface area contributed by atoms with Crippen LogP contribution in [0.15, 0.2) is 32.5 Å². The Kier molecular flexibility index (Phi) is 5.08. The van der Waals surface area contributed by atoms with Gasteiger partial charge in [-0.1, -0.05) is 22.3 Å². The molecule has 0 unspecified atom stereocenters. The molecular formula is C13H15ClN3O3S+. The molecule has 0 bridgehead atoms. The Balaban J connectivity index is 1.88. The van der Waals surface area contributed by atoms with Gasteiger partial charge in [0.1, 0.15) is 0 Å². The lowest BCUT2D eigenvalue weighted by atomic mass is 10.2. The summed E-state index contributed by atoms with van der Waals surface area (Å²) >= 11 is 7.26. The summed E-state index contributed by atoms with van der Waals surface area (Å²) in [5.74, 6) is 0.345. The van der Waals surface area contributed by atoms with Crippen LogP contribution in [0.3, 0.4) is 0 Å². The van der Waals surface area contributed by atoms with E-state index in [1.165, 1.54) is 16.4 Å². The number of halogens is 1. The third-order valence-electron chi connectivity index (χ3n) is 2.86. The van der Waals surface area contributed by atoms with Gasteiger partial charge in [-0.15, -0.1) is 0 Å². The SMILES string of the molecule is Cc1c(Cl)cccc1NC(=O)CCSc1c(=O)o[nH][n+]1C. The Morgan fingerprint density at radius 3 is 2.95 bits per heavy atom. The molecule has 0 radical (unpaired) electrons. The highest BCUT2D eigenvalue weighted by atomic mass is 35.5. The third kappa shape index (κ3) is 3.89. The average Bonchev–Trinajstić information content (AvgIpc) is 2.75. The molecule has 8 heteroatoms. The van der Waals surface area contributed by atoms with E-state index in [-0.39, 0.29) is 12.3 Å². The van der Waals surface area contributed by atoms with E-state index in [4.69, 9.17) is 11.6 Å². The van der Waals surface area contributed by atoms with Gasteiger partial charge in [-0.25, -0.2) is 4.79 Å². The second-order valence-electron chi connectivity index (χ2n) is 4.40. The zero-order valence-corrected chi connectivity index (χ0v) is 13.2. The van der Waals surface area contributed by atoms with Crippen LogP contribution in [-0.2, 0) is 11.8 Å².